The first-order valence-electron chi connectivity index (χ1n) is 10.5. The number of carbonyl (C=O) groups is 2. The summed E-state index contributed by atoms with van der Waals surface area (Å²) in [6.07, 6.45) is 7.33. The minimum absolute atomic E-state index is 0.0488. The molecule has 0 aromatic heterocycles. The zero-order valence-electron chi connectivity index (χ0n) is 17.9. The van der Waals surface area contributed by atoms with Crippen molar-refractivity contribution in [3.05, 3.63) is 24.3 Å². The Morgan fingerprint density at radius 3 is 2.48 bits per heavy atom. The molecule has 2 rings (SSSR count). The summed E-state index contributed by atoms with van der Waals surface area (Å²) in [4.78, 5) is 23.2. The van der Waals surface area contributed by atoms with Crippen molar-refractivity contribution in [2.24, 2.45) is 35.5 Å². The maximum Gasteiger partial charge on any atom is 0.310 e. The van der Waals surface area contributed by atoms with E-state index in [2.05, 4.69) is 27.4 Å². The van der Waals surface area contributed by atoms with E-state index in [0.717, 1.165) is 19.3 Å². The molecule has 0 aliphatic heterocycles. The van der Waals surface area contributed by atoms with Crippen LogP contribution in [0, 0.1) is 35.5 Å². The lowest BCUT2D eigenvalue weighted by atomic mass is 9.58. The molecule has 0 spiro atoms. The highest BCUT2D eigenvalue weighted by Gasteiger charge is 2.47. The molecule has 1 N–H and O–H groups in total. The van der Waals surface area contributed by atoms with E-state index in [1.54, 1.807) is 0 Å². The van der Waals surface area contributed by atoms with Gasteiger partial charge in [0.05, 0.1) is 5.92 Å². The largest absolute Gasteiger partial charge is 0.481 e. The highest BCUT2D eigenvalue weighted by Crippen LogP contribution is 2.51. The molecule has 1 saturated carbocycles. The molecule has 0 saturated heterocycles. The number of carboxylic acid groups (broad SMARTS) is 1. The van der Waals surface area contributed by atoms with E-state index in [-0.39, 0.29) is 29.8 Å². The zero-order chi connectivity index (χ0) is 20.7. The van der Waals surface area contributed by atoms with Gasteiger partial charge in [-0.05, 0) is 36.5 Å². The molecule has 0 heterocycles. The molecule has 0 aromatic rings. The number of fused-ring (bicyclic) bond motifs is 1. The third kappa shape index (κ3) is 5.46. The zero-order valence-corrected chi connectivity index (χ0v) is 17.9. The van der Waals surface area contributed by atoms with Crippen molar-refractivity contribution in [2.75, 3.05) is 0 Å². The number of hydrogen-bond acceptors (Lipinski definition) is 3. The van der Waals surface area contributed by atoms with Gasteiger partial charge in [-0.2, -0.15) is 0 Å². The number of hydrogen-bond donors (Lipinski definition) is 1. The molecule has 154 valence electrons. The van der Waals surface area contributed by atoms with Crippen LogP contribution in [0.2, 0.25) is 0 Å². The van der Waals surface area contributed by atoms with Gasteiger partial charge in [0.25, 0.3) is 0 Å². The van der Waals surface area contributed by atoms with Gasteiger partial charge in [0, 0.05) is 12.8 Å². The van der Waals surface area contributed by atoms with Crippen LogP contribution in [-0.4, -0.2) is 23.1 Å². The fourth-order valence-corrected chi connectivity index (χ4v) is 5.06. The van der Waals surface area contributed by atoms with Gasteiger partial charge in [0.2, 0.25) is 0 Å². The molecule has 2 aliphatic carbocycles. The average molecular weight is 379 g/mol. The van der Waals surface area contributed by atoms with Crippen molar-refractivity contribution in [1.29, 1.82) is 0 Å². The van der Waals surface area contributed by atoms with Crippen LogP contribution >= 0.6 is 0 Å². The van der Waals surface area contributed by atoms with E-state index in [0.29, 0.717) is 18.3 Å². The lowest BCUT2D eigenvalue weighted by molar-refractivity contribution is -0.152. The molecule has 0 bridgehead atoms. The van der Waals surface area contributed by atoms with Gasteiger partial charge >= 0.3 is 11.9 Å². The molecule has 0 radical (unpaired) electrons. The molecule has 7 atom stereocenters. The van der Waals surface area contributed by atoms with E-state index in [1.807, 2.05) is 26.0 Å². The number of rotatable bonds is 6. The van der Waals surface area contributed by atoms with E-state index >= 15 is 0 Å². The standard InChI is InChI=1S/C21H32O4.C2H6/c1-6-8-12(3)20-16(7-2)19(25-14(5)22)11-17-13(4)9-15(21(23)24)10-18(17)20;1-2/h7,10,12-13,15-17,19-20H,2,6,8-9,11H2,1,3-5H3,(H,23,24);1-2H3. The molecular formula is C23H38O4. The summed E-state index contributed by atoms with van der Waals surface area (Å²) >= 11 is 0. The maximum absolute atomic E-state index is 11.6. The number of allylic oxidation sites excluding steroid dienone is 1. The monoisotopic (exact) mass is 378 g/mol. The van der Waals surface area contributed by atoms with Crippen molar-refractivity contribution in [2.45, 2.75) is 73.3 Å². The molecule has 0 aromatic carbocycles. The van der Waals surface area contributed by atoms with Gasteiger partial charge in [0.1, 0.15) is 6.10 Å². The van der Waals surface area contributed by atoms with Crippen molar-refractivity contribution in [1.82, 2.24) is 0 Å². The lowest BCUT2D eigenvalue weighted by Gasteiger charge is -2.49. The second-order valence-electron chi connectivity index (χ2n) is 7.92. The van der Waals surface area contributed by atoms with Crippen LogP contribution < -0.4 is 0 Å². The average Bonchev–Trinajstić information content (AvgIpc) is 2.62. The summed E-state index contributed by atoms with van der Waals surface area (Å²) in [5.74, 6) is -0.178. The Labute approximate surface area is 165 Å². The Bertz CT molecular complexity index is 551. The first-order valence-corrected chi connectivity index (χ1v) is 10.5. The van der Waals surface area contributed by atoms with Crippen LogP contribution in [0.15, 0.2) is 24.3 Å². The van der Waals surface area contributed by atoms with Gasteiger partial charge in [-0.15, -0.1) is 6.58 Å². The Balaban J connectivity index is 0.00000176. The summed E-state index contributed by atoms with van der Waals surface area (Å²) in [5, 5.41) is 9.53. The topological polar surface area (TPSA) is 63.6 Å². The van der Waals surface area contributed by atoms with E-state index in [9.17, 15) is 14.7 Å². The van der Waals surface area contributed by atoms with Crippen molar-refractivity contribution in [3.8, 4) is 0 Å². The first-order chi connectivity index (χ1) is 12.8. The number of carbonyl (C=O) groups excluding carboxylic acids is 1. The minimum Gasteiger partial charge on any atom is -0.481 e. The number of aliphatic carboxylic acids is 1. The summed E-state index contributed by atoms with van der Waals surface area (Å²) in [6, 6.07) is 0. The Morgan fingerprint density at radius 1 is 1.37 bits per heavy atom. The fraction of sp³-hybridized carbons (Fsp3) is 0.739. The number of esters is 1. The molecule has 1 fully saturated rings. The normalized spacial score (nSPS) is 33.5. The Morgan fingerprint density at radius 2 is 2.00 bits per heavy atom. The van der Waals surface area contributed by atoms with Gasteiger partial charge < -0.3 is 9.84 Å². The van der Waals surface area contributed by atoms with Crippen LogP contribution in [-0.2, 0) is 14.3 Å². The molecule has 0 amide bonds. The molecule has 27 heavy (non-hydrogen) atoms. The lowest BCUT2D eigenvalue weighted by Crippen LogP contribution is -2.46. The summed E-state index contributed by atoms with van der Waals surface area (Å²) in [6.45, 7) is 16.0. The molecule has 2 aliphatic rings. The smallest absolute Gasteiger partial charge is 0.310 e. The highest BCUT2D eigenvalue weighted by atomic mass is 16.5. The van der Waals surface area contributed by atoms with Crippen LogP contribution in [0.1, 0.15) is 67.2 Å². The van der Waals surface area contributed by atoms with Gasteiger partial charge in [0.15, 0.2) is 0 Å². The fourth-order valence-electron chi connectivity index (χ4n) is 5.06. The Hall–Kier alpha value is -1.58. The van der Waals surface area contributed by atoms with Gasteiger partial charge in [-0.1, -0.05) is 65.2 Å². The van der Waals surface area contributed by atoms with Crippen LogP contribution in [0.25, 0.3) is 0 Å². The molecule has 7 unspecified atom stereocenters. The van der Waals surface area contributed by atoms with E-state index in [1.165, 1.54) is 12.5 Å². The second-order valence-corrected chi connectivity index (χ2v) is 7.92. The summed E-state index contributed by atoms with van der Waals surface area (Å²) in [5.41, 5.74) is 1.26. The van der Waals surface area contributed by atoms with E-state index < -0.39 is 11.9 Å². The number of ether oxygens (including phenoxy) is 1. The van der Waals surface area contributed by atoms with Gasteiger partial charge in [-0.3, -0.25) is 9.59 Å². The van der Waals surface area contributed by atoms with Crippen LogP contribution in [0.5, 0.6) is 0 Å². The van der Waals surface area contributed by atoms with Gasteiger partial charge in [-0.25, -0.2) is 0 Å². The third-order valence-electron chi connectivity index (χ3n) is 6.11. The minimum atomic E-state index is -0.739. The third-order valence-corrected chi connectivity index (χ3v) is 6.11. The predicted molar refractivity (Wildman–Crippen MR) is 109 cm³/mol. The summed E-state index contributed by atoms with van der Waals surface area (Å²) in [7, 11) is 0. The maximum atomic E-state index is 11.6. The molecule has 4 nitrogen and oxygen atoms in total. The summed E-state index contributed by atoms with van der Waals surface area (Å²) < 4.78 is 5.67. The van der Waals surface area contributed by atoms with Crippen molar-refractivity contribution in [3.63, 3.8) is 0 Å². The molecular weight excluding hydrogens is 340 g/mol. The second kappa shape index (κ2) is 10.7. The Kier molecular flexibility index (Phi) is 9.28. The van der Waals surface area contributed by atoms with Crippen LogP contribution in [0.4, 0.5) is 0 Å². The number of carboxylic acids is 1. The quantitative estimate of drug-likeness (QED) is 0.490. The van der Waals surface area contributed by atoms with Crippen LogP contribution in [0.3, 0.4) is 0 Å². The SMILES string of the molecule is C=CC1C(OC(C)=O)CC2C(=CC(C(=O)O)CC2C)C1C(C)CCC.CC. The predicted octanol–water partition coefficient (Wildman–Crippen LogP) is 5.49. The van der Waals surface area contributed by atoms with Crippen molar-refractivity contribution >= 4 is 11.9 Å². The highest BCUT2D eigenvalue weighted by molar-refractivity contribution is 5.72. The van der Waals surface area contributed by atoms with E-state index in [4.69, 9.17) is 4.74 Å². The first kappa shape index (κ1) is 23.5. The van der Waals surface area contributed by atoms with Crippen molar-refractivity contribution < 1.29 is 19.4 Å². The molecule has 4 heteroatoms.